The van der Waals surface area contributed by atoms with E-state index in [4.69, 9.17) is 4.98 Å². The highest BCUT2D eigenvalue weighted by Gasteiger charge is 2.29. The number of pyridine rings is 1. The van der Waals surface area contributed by atoms with E-state index in [-0.39, 0.29) is 0 Å². The maximum absolute atomic E-state index is 12.9. The molecule has 0 bridgehead atoms. The minimum atomic E-state index is 0.388. The van der Waals surface area contributed by atoms with Crippen LogP contribution in [0.25, 0.3) is 0 Å². The number of nitrogens with one attached hydrogen (secondary N) is 1. The van der Waals surface area contributed by atoms with Gasteiger partial charge >= 0.3 is 0 Å². The van der Waals surface area contributed by atoms with Gasteiger partial charge in [-0.15, -0.1) is 0 Å². The first kappa shape index (κ1) is 22.7. The zero-order chi connectivity index (χ0) is 22.8. The second kappa shape index (κ2) is 10.0. The Labute approximate surface area is 198 Å². The molecule has 1 aromatic carbocycles. The van der Waals surface area contributed by atoms with Crippen molar-refractivity contribution < 1.29 is 4.79 Å². The molecule has 5 heteroatoms. The minimum absolute atomic E-state index is 0.388. The molecule has 176 valence electrons. The summed E-state index contributed by atoms with van der Waals surface area (Å²) in [5.41, 5.74) is 6.70. The van der Waals surface area contributed by atoms with Gasteiger partial charge in [-0.2, -0.15) is 0 Å². The van der Waals surface area contributed by atoms with Gasteiger partial charge in [-0.05, 0) is 87.5 Å². The number of likely N-dealkylation sites (N-methyl/N-ethyl adjacent to an activating group) is 1. The minimum Gasteiger partial charge on any atom is -0.308 e. The topological polar surface area (TPSA) is 48.5 Å². The molecule has 0 spiro atoms. The highest BCUT2D eigenvalue weighted by atomic mass is 16.1. The monoisotopic (exact) mass is 446 g/mol. The Morgan fingerprint density at radius 2 is 2.06 bits per heavy atom. The van der Waals surface area contributed by atoms with Crippen molar-refractivity contribution >= 4 is 5.78 Å². The maximum atomic E-state index is 12.9. The first-order valence-electron chi connectivity index (χ1n) is 12.8. The van der Waals surface area contributed by atoms with E-state index in [0.29, 0.717) is 36.8 Å². The number of benzene rings is 1. The molecule has 33 heavy (non-hydrogen) atoms. The fourth-order valence-electron chi connectivity index (χ4n) is 6.26. The molecule has 1 N–H and O–H groups in total. The lowest BCUT2D eigenvalue weighted by atomic mass is 9.87. The standard InChI is InChI=1S/C28H38N4O/c1-31-14-6-11-24(31)17-25(33)15-21-8-3-9-22-18-30-23(16-26(21)22)19-32(2)27-12-4-7-20-10-5-13-29-28(20)27/h3,5,8-10,13,23-24,27,30H,4,6-7,11-12,14-19H2,1-2H3/t23-,24?,27-/m0/s1. The SMILES string of the molecule is CN1CCCC1CC(=O)Cc1cccc2c1C[C@@H](CN(C)[C@H]1CCCc3cccnc31)NC2. The Morgan fingerprint density at radius 3 is 2.91 bits per heavy atom. The number of carbonyl (C=O) groups is 1. The molecular weight excluding hydrogens is 408 g/mol. The van der Waals surface area contributed by atoms with Gasteiger partial charge in [0.25, 0.3) is 0 Å². The molecule has 3 atom stereocenters. The van der Waals surface area contributed by atoms with Crippen molar-refractivity contribution in [3.8, 4) is 0 Å². The van der Waals surface area contributed by atoms with E-state index < -0.39 is 0 Å². The molecule has 2 aliphatic heterocycles. The van der Waals surface area contributed by atoms with Crippen LogP contribution in [-0.2, 0) is 30.6 Å². The van der Waals surface area contributed by atoms with Crippen molar-refractivity contribution in [2.75, 3.05) is 27.2 Å². The van der Waals surface area contributed by atoms with Gasteiger partial charge < -0.3 is 10.2 Å². The van der Waals surface area contributed by atoms with E-state index in [2.05, 4.69) is 59.5 Å². The number of Topliss-reactive ketones (excluding diaryl/α,β-unsaturated/α-hetero) is 1. The van der Waals surface area contributed by atoms with Crippen LogP contribution in [0.15, 0.2) is 36.5 Å². The summed E-state index contributed by atoms with van der Waals surface area (Å²) in [6, 6.07) is 12.1. The molecular formula is C28H38N4O. The predicted octanol–water partition coefficient (Wildman–Crippen LogP) is 3.70. The second-order valence-electron chi connectivity index (χ2n) is 10.4. The Hall–Kier alpha value is -2.08. The van der Waals surface area contributed by atoms with Gasteiger partial charge in [0.2, 0.25) is 0 Å². The fraction of sp³-hybridized carbons (Fsp3) is 0.571. The maximum Gasteiger partial charge on any atom is 0.138 e. The van der Waals surface area contributed by atoms with Crippen LogP contribution < -0.4 is 5.32 Å². The number of aryl methyl sites for hydroxylation is 1. The van der Waals surface area contributed by atoms with Gasteiger partial charge in [0.1, 0.15) is 5.78 Å². The highest BCUT2D eigenvalue weighted by Crippen LogP contribution is 2.32. The molecule has 1 unspecified atom stereocenters. The van der Waals surface area contributed by atoms with Crippen LogP contribution in [0.3, 0.4) is 0 Å². The van der Waals surface area contributed by atoms with Gasteiger partial charge in [-0.1, -0.05) is 24.3 Å². The smallest absolute Gasteiger partial charge is 0.138 e. The van der Waals surface area contributed by atoms with E-state index in [1.807, 2.05) is 6.20 Å². The van der Waals surface area contributed by atoms with Crippen LogP contribution >= 0.6 is 0 Å². The number of ketones is 1. The number of rotatable bonds is 7. The number of hydrogen-bond acceptors (Lipinski definition) is 5. The third kappa shape index (κ3) is 5.06. The lowest BCUT2D eigenvalue weighted by Gasteiger charge is -2.36. The van der Waals surface area contributed by atoms with Crippen LogP contribution in [0.2, 0.25) is 0 Å². The zero-order valence-electron chi connectivity index (χ0n) is 20.2. The van der Waals surface area contributed by atoms with Gasteiger partial charge in [0, 0.05) is 44.2 Å². The van der Waals surface area contributed by atoms with Crippen molar-refractivity contribution in [1.29, 1.82) is 0 Å². The Morgan fingerprint density at radius 1 is 1.18 bits per heavy atom. The summed E-state index contributed by atoms with van der Waals surface area (Å²) in [4.78, 5) is 22.5. The summed E-state index contributed by atoms with van der Waals surface area (Å²) >= 11 is 0. The molecule has 1 saturated heterocycles. The molecule has 3 aliphatic rings. The number of carbonyl (C=O) groups excluding carboxylic acids is 1. The Balaban J connectivity index is 1.25. The third-order valence-electron chi connectivity index (χ3n) is 8.13. The number of likely N-dealkylation sites (tertiary alicyclic amines) is 1. The first-order valence-corrected chi connectivity index (χ1v) is 12.8. The van der Waals surface area contributed by atoms with Crippen molar-refractivity contribution in [1.82, 2.24) is 20.1 Å². The summed E-state index contributed by atoms with van der Waals surface area (Å²) in [5, 5.41) is 3.76. The quantitative estimate of drug-likeness (QED) is 0.703. The lowest BCUT2D eigenvalue weighted by Crippen LogP contribution is -2.45. The van der Waals surface area contributed by atoms with Crippen LogP contribution in [0, 0.1) is 0 Å². The first-order chi connectivity index (χ1) is 16.1. The Kier molecular flexibility index (Phi) is 6.91. The second-order valence-corrected chi connectivity index (χ2v) is 10.4. The van der Waals surface area contributed by atoms with Gasteiger partial charge in [0.15, 0.2) is 0 Å². The summed E-state index contributed by atoms with van der Waals surface area (Å²) in [6.07, 6.45) is 10.1. The van der Waals surface area contributed by atoms with E-state index in [9.17, 15) is 4.79 Å². The average Bonchev–Trinajstić information content (AvgIpc) is 3.23. The molecule has 1 aliphatic carbocycles. The molecule has 0 saturated carbocycles. The number of hydrogen-bond donors (Lipinski definition) is 1. The van der Waals surface area contributed by atoms with E-state index >= 15 is 0 Å². The molecule has 5 rings (SSSR count). The van der Waals surface area contributed by atoms with Crippen molar-refractivity contribution in [2.24, 2.45) is 0 Å². The molecule has 0 amide bonds. The molecule has 0 radical (unpaired) electrons. The number of aromatic nitrogens is 1. The van der Waals surface area contributed by atoms with Crippen molar-refractivity contribution in [3.63, 3.8) is 0 Å². The van der Waals surface area contributed by atoms with Gasteiger partial charge in [-0.25, -0.2) is 0 Å². The van der Waals surface area contributed by atoms with Gasteiger partial charge in [-0.3, -0.25) is 14.7 Å². The van der Waals surface area contributed by atoms with Crippen LogP contribution in [-0.4, -0.2) is 59.8 Å². The normalized spacial score (nSPS) is 25.1. The largest absolute Gasteiger partial charge is 0.308 e. The summed E-state index contributed by atoms with van der Waals surface area (Å²) in [6.45, 7) is 3.01. The lowest BCUT2D eigenvalue weighted by molar-refractivity contribution is -0.119. The van der Waals surface area contributed by atoms with Crippen molar-refractivity contribution in [3.05, 3.63) is 64.5 Å². The van der Waals surface area contributed by atoms with Crippen molar-refractivity contribution in [2.45, 2.75) is 76.0 Å². The molecule has 3 heterocycles. The summed E-state index contributed by atoms with van der Waals surface area (Å²) in [7, 11) is 4.40. The van der Waals surface area contributed by atoms with Crippen LogP contribution in [0.5, 0.6) is 0 Å². The molecule has 5 nitrogen and oxygen atoms in total. The number of fused-ring (bicyclic) bond motifs is 2. The molecule has 1 aromatic heterocycles. The number of nitrogens with zero attached hydrogens (tertiary/aromatic N) is 3. The van der Waals surface area contributed by atoms with Gasteiger partial charge in [0.05, 0.1) is 11.7 Å². The van der Waals surface area contributed by atoms with E-state index in [0.717, 1.165) is 38.9 Å². The third-order valence-corrected chi connectivity index (χ3v) is 8.13. The summed E-state index contributed by atoms with van der Waals surface area (Å²) in [5.74, 6) is 0.388. The molecule has 2 aromatic rings. The van der Waals surface area contributed by atoms with E-state index in [1.54, 1.807) is 0 Å². The average molecular weight is 447 g/mol. The van der Waals surface area contributed by atoms with Crippen LogP contribution in [0.1, 0.15) is 66.1 Å². The zero-order valence-corrected chi connectivity index (χ0v) is 20.2. The highest BCUT2D eigenvalue weighted by molar-refractivity contribution is 5.82. The molecule has 1 fully saturated rings. The van der Waals surface area contributed by atoms with E-state index in [1.165, 1.54) is 47.2 Å². The predicted molar refractivity (Wildman–Crippen MR) is 132 cm³/mol. The van der Waals surface area contributed by atoms with Crippen LogP contribution in [0.4, 0.5) is 0 Å². The Bertz CT molecular complexity index is 990. The summed E-state index contributed by atoms with van der Waals surface area (Å²) < 4.78 is 0. The fourth-order valence-corrected chi connectivity index (χ4v) is 6.26.